The highest BCUT2D eigenvalue weighted by atomic mass is 35.5. The zero-order chi connectivity index (χ0) is 13.7. The van der Waals surface area contributed by atoms with E-state index in [1.807, 2.05) is 13.0 Å². The molecule has 1 amide bonds. The topological polar surface area (TPSA) is 41.1 Å². The van der Waals surface area contributed by atoms with Crippen LogP contribution in [0.2, 0.25) is 0 Å². The SMILES string of the molecule is CCNCCNC(=O)C1(c2cccc(F)c2)CCC1.Cl. The Kier molecular flexibility index (Phi) is 6.43. The fraction of sp³-hybridized carbons (Fsp3) is 0.533. The molecule has 0 unspecified atom stereocenters. The quantitative estimate of drug-likeness (QED) is 0.792. The van der Waals surface area contributed by atoms with Crippen LogP contribution in [0, 0.1) is 5.82 Å². The first-order valence-electron chi connectivity index (χ1n) is 6.94. The standard InChI is InChI=1S/C15H21FN2O.ClH/c1-2-17-9-10-18-14(19)15(7-4-8-15)12-5-3-6-13(16)11-12;/h3,5-6,11,17H,2,4,7-10H2,1H3,(H,18,19);1H. The summed E-state index contributed by atoms with van der Waals surface area (Å²) < 4.78 is 13.3. The molecular formula is C15H22ClFN2O. The summed E-state index contributed by atoms with van der Waals surface area (Å²) in [6.07, 6.45) is 2.64. The number of rotatable bonds is 6. The normalized spacial score (nSPS) is 15.9. The van der Waals surface area contributed by atoms with Crippen LogP contribution in [-0.4, -0.2) is 25.5 Å². The molecule has 0 heterocycles. The third kappa shape index (κ3) is 3.49. The van der Waals surface area contributed by atoms with Gasteiger partial charge in [0.25, 0.3) is 0 Å². The molecule has 1 aromatic carbocycles. The average Bonchev–Trinajstić information content (AvgIpc) is 2.33. The van der Waals surface area contributed by atoms with E-state index in [-0.39, 0.29) is 24.1 Å². The van der Waals surface area contributed by atoms with Gasteiger partial charge in [0.05, 0.1) is 5.41 Å². The molecule has 3 nitrogen and oxygen atoms in total. The monoisotopic (exact) mass is 300 g/mol. The summed E-state index contributed by atoms with van der Waals surface area (Å²) in [7, 11) is 0. The summed E-state index contributed by atoms with van der Waals surface area (Å²) in [5.41, 5.74) is 0.300. The van der Waals surface area contributed by atoms with Crippen LogP contribution in [-0.2, 0) is 10.2 Å². The summed E-state index contributed by atoms with van der Waals surface area (Å²) in [5, 5.41) is 6.12. The van der Waals surface area contributed by atoms with Gasteiger partial charge in [0.15, 0.2) is 0 Å². The van der Waals surface area contributed by atoms with Gasteiger partial charge in [0.1, 0.15) is 5.82 Å². The van der Waals surface area contributed by atoms with Crippen molar-refractivity contribution in [3.63, 3.8) is 0 Å². The lowest BCUT2D eigenvalue weighted by atomic mass is 9.64. The van der Waals surface area contributed by atoms with E-state index in [1.54, 1.807) is 6.07 Å². The van der Waals surface area contributed by atoms with E-state index in [0.29, 0.717) is 6.54 Å². The number of hydrogen-bond donors (Lipinski definition) is 2. The number of likely N-dealkylation sites (N-methyl/N-ethyl adjacent to an activating group) is 1. The molecule has 1 aliphatic carbocycles. The van der Waals surface area contributed by atoms with Crippen LogP contribution in [0.3, 0.4) is 0 Å². The van der Waals surface area contributed by atoms with E-state index >= 15 is 0 Å². The van der Waals surface area contributed by atoms with Crippen molar-refractivity contribution in [1.82, 2.24) is 10.6 Å². The number of carbonyl (C=O) groups is 1. The van der Waals surface area contributed by atoms with Crippen LogP contribution in [0.15, 0.2) is 24.3 Å². The number of halogens is 2. The Labute approximate surface area is 125 Å². The van der Waals surface area contributed by atoms with Gasteiger partial charge in [-0.05, 0) is 37.1 Å². The summed E-state index contributed by atoms with van der Waals surface area (Å²) in [6.45, 7) is 4.30. The van der Waals surface area contributed by atoms with Gasteiger partial charge in [-0.1, -0.05) is 25.5 Å². The number of amides is 1. The van der Waals surface area contributed by atoms with Gasteiger partial charge in [-0.2, -0.15) is 0 Å². The molecule has 0 bridgehead atoms. The molecule has 0 saturated heterocycles. The highest BCUT2D eigenvalue weighted by Crippen LogP contribution is 2.44. The van der Waals surface area contributed by atoms with Gasteiger partial charge in [0, 0.05) is 13.1 Å². The van der Waals surface area contributed by atoms with E-state index < -0.39 is 5.41 Å². The van der Waals surface area contributed by atoms with Crippen LogP contribution in [0.25, 0.3) is 0 Å². The maximum Gasteiger partial charge on any atom is 0.230 e. The molecule has 20 heavy (non-hydrogen) atoms. The fourth-order valence-corrected chi connectivity index (χ4v) is 2.57. The lowest BCUT2D eigenvalue weighted by Gasteiger charge is -2.40. The van der Waals surface area contributed by atoms with Gasteiger partial charge >= 0.3 is 0 Å². The lowest BCUT2D eigenvalue weighted by molar-refractivity contribution is -0.129. The second kappa shape index (κ2) is 7.60. The first kappa shape index (κ1) is 16.9. The van der Waals surface area contributed by atoms with Crippen LogP contribution >= 0.6 is 12.4 Å². The molecular weight excluding hydrogens is 279 g/mol. The predicted molar refractivity (Wildman–Crippen MR) is 80.7 cm³/mol. The molecule has 1 aliphatic rings. The molecule has 0 aromatic heterocycles. The number of hydrogen-bond acceptors (Lipinski definition) is 2. The summed E-state index contributed by atoms with van der Waals surface area (Å²) in [5.74, 6) is -0.244. The van der Waals surface area contributed by atoms with Crippen molar-refractivity contribution in [1.29, 1.82) is 0 Å². The van der Waals surface area contributed by atoms with E-state index in [2.05, 4.69) is 10.6 Å². The molecule has 5 heteroatoms. The largest absolute Gasteiger partial charge is 0.354 e. The molecule has 2 N–H and O–H groups in total. The van der Waals surface area contributed by atoms with Crippen LogP contribution in [0.1, 0.15) is 31.7 Å². The molecule has 112 valence electrons. The van der Waals surface area contributed by atoms with E-state index in [1.165, 1.54) is 12.1 Å². The average molecular weight is 301 g/mol. The van der Waals surface area contributed by atoms with Gasteiger partial charge in [-0.3, -0.25) is 4.79 Å². The first-order valence-corrected chi connectivity index (χ1v) is 6.94. The minimum Gasteiger partial charge on any atom is -0.354 e. The fourth-order valence-electron chi connectivity index (χ4n) is 2.57. The van der Waals surface area contributed by atoms with Crippen molar-refractivity contribution >= 4 is 18.3 Å². The van der Waals surface area contributed by atoms with Crippen molar-refractivity contribution in [2.24, 2.45) is 0 Å². The van der Waals surface area contributed by atoms with Crippen molar-refractivity contribution in [3.8, 4) is 0 Å². The van der Waals surface area contributed by atoms with Crippen molar-refractivity contribution in [2.45, 2.75) is 31.6 Å². The van der Waals surface area contributed by atoms with Crippen LogP contribution < -0.4 is 10.6 Å². The Morgan fingerprint density at radius 3 is 2.65 bits per heavy atom. The maximum absolute atomic E-state index is 13.3. The summed E-state index contributed by atoms with van der Waals surface area (Å²) in [4.78, 5) is 12.4. The van der Waals surface area contributed by atoms with Crippen LogP contribution in [0.5, 0.6) is 0 Å². The second-order valence-electron chi connectivity index (χ2n) is 5.06. The van der Waals surface area contributed by atoms with Crippen molar-refractivity contribution in [3.05, 3.63) is 35.6 Å². The molecule has 0 spiro atoms. The van der Waals surface area contributed by atoms with E-state index in [4.69, 9.17) is 0 Å². The number of nitrogens with one attached hydrogen (secondary N) is 2. The number of carbonyl (C=O) groups excluding carboxylic acids is 1. The van der Waals surface area contributed by atoms with Crippen LogP contribution in [0.4, 0.5) is 4.39 Å². The zero-order valence-electron chi connectivity index (χ0n) is 11.7. The summed E-state index contributed by atoms with van der Waals surface area (Å²) in [6, 6.07) is 6.44. The van der Waals surface area contributed by atoms with Gasteiger partial charge in [-0.15, -0.1) is 12.4 Å². The molecule has 0 radical (unpaired) electrons. The highest BCUT2D eigenvalue weighted by molar-refractivity contribution is 5.89. The predicted octanol–water partition coefficient (Wildman–Crippen LogP) is 2.39. The third-order valence-corrected chi connectivity index (χ3v) is 3.86. The van der Waals surface area contributed by atoms with Gasteiger partial charge in [0.2, 0.25) is 5.91 Å². The molecule has 1 saturated carbocycles. The molecule has 1 fully saturated rings. The van der Waals surface area contributed by atoms with Crippen molar-refractivity contribution < 1.29 is 9.18 Å². The molecule has 0 aliphatic heterocycles. The Hall–Kier alpha value is -1.13. The Bertz CT molecular complexity index is 449. The minimum atomic E-state index is -0.506. The van der Waals surface area contributed by atoms with Gasteiger partial charge in [-0.25, -0.2) is 4.39 Å². The Morgan fingerprint density at radius 2 is 2.10 bits per heavy atom. The van der Waals surface area contributed by atoms with Crippen molar-refractivity contribution in [2.75, 3.05) is 19.6 Å². The smallest absolute Gasteiger partial charge is 0.230 e. The maximum atomic E-state index is 13.3. The Morgan fingerprint density at radius 1 is 1.35 bits per heavy atom. The first-order chi connectivity index (χ1) is 9.19. The van der Waals surface area contributed by atoms with E-state index in [0.717, 1.165) is 37.9 Å². The molecule has 2 rings (SSSR count). The molecule has 1 aromatic rings. The number of benzene rings is 1. The second-order valence-corrected chi connectivity index (χ2v) is 5.06. The third-order valence-electron chi connectivity index (χ3n) is 3.86. The van der Waals surface area contributed by atoms with Gasteiger partial charge < -0.3 is 10.6 Å². The molecule has 0 atom stereocenters. The zero-order valence-corrected chi connectivity index (χ0v) is 12.6. The lowest BCUT2D eigenvalue weighted by Crippen LogP contribution is -2.50. The minimum absolute atomic E-state index is 0. The van der Waals surface area contributed by atoms with E-state index in [9.17, 15) is 9.18 Å². The Balaban J connectivity index is 0.00000200. The summed E-state index contributed by atoms with van der Waals surface area (Å²) >= 11 is 0. The highest BCUT2D eigenvalue weighted by Gasteiger charge is 2.45.